The van der Waals surface area contributed by atoms with E-state index in [2.05, 4.69) is 117 Å². The van der Waals surface area contributed by atoms with Gasteiger partial charge in [-0.3, -0.25) is 23.7 Å². The zero-order valence-corrected chi connectivity index (χ0v) is 66.1. The maximum atomic E-state index is 12.8. The highest BCUT2D eigenvalue weighted by Gasteiger charge is 2.58. The van der Waals surface area contributed by atoms with Gasteiger partial charge >= 0.3 is 12.1 Å². The van der Waals surface area contributed by atoms with Gasteiger partial charge in [0, 0.05) is 87.2 Å². The molecule has 4 heterocycles. The molecule has 656 valence electrons. The van der Waals surface area contributed by atoms with Crippen molar-refractivity contribution in [2.75, 3.05) is 186 Å². The van der Waals surface area contributed by atoms with E-state index in [1.165, 1.54) is 84.1 Å². The smallest absolute Gasteiger partial charge is 0.373 e. The van der Waals surface area contributed by atoms with E-state index in [4.69, 9.17) is 107 Å². The molecule has 3 fully saturated rings. The Morgan fingerprint density at radius 3 is 1.31 bits per heavy atom. The predicted molar refractivity (Wildman–Crippen MR) is 435 cm³/mol. The van der Waals surface area contributed by atoms with E-state index in [-0.39, 0.29) is 162 Å². The van der Waals surface area contributed by atoms with Crippen LogP contribution in [0.4, 0.5) is 0 Å². The number of nitrogens with one attached hydrogen (secondary N) is 1. The average Bonchev–Trinajstić information content (AvgIpc) is 1.57. The Bertz CT molecular complexity index is 3060. The number of amides is 1. The molecular formula is C77H140N20O18. The lowest BCUT2D eigenvalue weighted by Gasteiger charge is -2.49. The molecule has 38 nitrogen and oxygen atoms in total. The molecule has 1 saturated heterocycles. The van der Waals surface area contributed by atoms with Crippen LogP contribution in [-0.4, -0.2) is 270 Å². The number of aliphatic hydroxyl groups excluding tert-OH is 1. The summed E-state index contributed by atoms with van der Waals surface area (Å²) >= 11 is 0. The molecule has 2 saturated carbocycles. The first-order valence-electron chi connectivity index (χ1n) is 36.6. The predicted octanol–water partition coefficient (Wildman–Crippen LogP) is 10.0. The summed E-state index contributed by atoms with van der Waals surface area (Å²) in [5.41, 5.74) is 24.8. The van der Waals surface area contributed by atoms with Crippen LogP contribution in [0.2, 0.25) is 0 Å². The topological polar surface area (TPSA) is 462 Å². The van der Waals surface area contributed by atoms with Crippen molar-refractivity contribution in [3.05, 3.63) is 67.0 Å². The fourth-order valence-electron chi connectivity index (χ4n) is 12.2. The third kappa shape index (κ3) is 53.6. The second-order valence-corrected chi connectivity index (χ2v) is 27.4. The molecule has 0 aromatic carbocycles. The molecular weight excluding hydrogens is 1490 g/mol. The molecule has 1 amide bonds. The fraction of sp³-hybridized carbons (Fsp3) is 0.805. The highest BCUT2D eigenvalue weighted by atomic mass is 16.6. The van der Waals surface area contributed by atoms with Gasteiger partial charge in [0.15, 0.2) is 0 Å². The van der Waals surface area contributed by atoms with Gasteiger partial charge in [0.05, 0.1) is 162 Å². The van der Waals surface area contributed by atoms with Gasteiger partial charge in [0.25, 0.3) is 0 Å². The number of hydrogen-bond acceptors (Lipinski definition) is 28. The molecule has 1 unspecified atom stereocenters. The van der Waals surface area contributed by atoms with Crippen molar-refractivity contribution in [2.45, 2.75) is 179 Å². The Morgan fingerprint density at radius 1 is 0.574 bits per heavy atom. The molecule has 38 heteroatoms. The van der Waals surface area contributed by atoms with Gasteiger partial charge in [-0.05, 0) is 79.9 Å². The minimum Gasteiger partial charge on any atom is -0.463 e. The van der Waals surface area contributed by atoms with E-state index in [1.807, 2.05) is 0 Å². The van der Waals surface area contributed by atoms with Crippen LogP contribution >= 0.6 is 0 Å². The van der Waals surface area contributed by atoms with Crippen LogP contribution in [0, 0.1) is 59.2 Å². The summed E-state index contributed by atoms with van der Waals surface area (Å²) in [6.07, 6.45) is 38.6. The zero-order chi connectivity index (χ0) is 81.3. The number of likely N-dealkylation sites (tertiary alicyclic amines) is 1. The van der Waals surface area contributed by atoms with Gasteiger partial charge in [-0.1, -0.05) is 145 Å². The minimum atomic E-state index is -0.913. The van der Waals surface area contributed by atoms with Gasteiger partial charge in [0.1, 0.15) is 50.1 Å². The third-order valence-electron chi connectivity index (χ3n) is 17.4. The van der Waals surface area contributed by atoms with E-state index in [9.17, 15) is 14.7 Å². The zero-order valence-electron chi connectivity index (χ0n) is 66.1. The van der Waals surface area contributed by atoms with Crippen molar-refractivity contribution in [3.63, 3.8) is 0 Å². The first-order chi connectivity index (χ1) is 53.1. The fourth-order valence-corrected chi connectivity index (χ4v) is 12.2. The minimum absolute atomic E-state index is 0. The van der Waals surface area contributed by atoms with Gasteiger partial charge in [-0.25, -0.2) is 4.79 Å². The molecule has 3 aliphatic rings. The van der Waals surface area contributed by atoms with Gasteiger partial charge in [0.2, 0.25) is 5.91 Å². The van der Waals surface area contributed by atoms with Crippen LogP contribution in [0.1, 0.15) is 165 Å². The van der Waals surface area contributed by atoms with Crippen molar-refractivity contribution in [3.8, 4) is 37.0 Å². The van der Waals surface area contributed by atoms with Gasteiger partial charge in [-0.15, -0.1) is 34.6 Å². The summed E-state index contributed by atoms with van der Waals surface area (Å²) < 4.78 is 75.1. The Kier molecular flexibility index (Phi) is 72.5. The number of ether oxygens (including phenoxy) is 13. The van der Waals surface area contributed by atoms with E-state index in [1.54, 1.807) is 60.9 Å². The summed E-state index contributed by atoms with van der Waals surface area (Å²) in [4.78, 5) is 52.1. The molecule has 3 aromatic heterocycles. The Morgan fingerprint density at radius 2 is 0.957 bits per heavy atom. The molecule has 1 atom stereocenters. The molecule has 2 N–H and O–H groups in total. The number of rotatable bonds is 49. The first kappa shape index (κ1) is 115. The van der Waals surface area contributed by atoms with Crippen LogP contribution in [0.25, 0.3) is 31.3 Å². The lowest BCUT2D eigenvalue weighted by molar-refractivity contribution is -0.191. The van der Waals surface area contributed by atoms with Crippen molar-refractivity contribution in [1.29, 1.82) is 0 Å². The molecule has 1 aliphatic heterocycles. The number of hydrogen-bond donors (Lipinski definition) is 2. The second-order valence-electron chi connectivity index (χ2n) is 27.4. The largest absolute Gasteiger partial charge is 0.463 e. The highest BCUT2D eigenvalue weighted by molar-refractivity contribution is 5.76. The summed E-state index contributed by atoms with van der Waals surface area (Å²) in [5.74, 6) is 7.34. The number of terminal acetylenes is 3. The number of methoxy groups -OCH3 is 1. The van der Waals surface area contributed by atoms with Crippen LogP contribution in [0.3, 0.4) is 0 Å². The molecule has 115 heavy (non-hydrogen) atoms. The summed E-state index contributed by atoms with van der Waals surface area (Å²) in [7, 11) is 10.7. The summed E-state index contributed by atoms with van der Waals surface area (Å²) in [6.45, 7) is 13.9. The molecule has 0 bridgehead atoms. The van der Waals surface area contributed by atoms with Crippen LogP contribution in [0.15, 0.2) is 33.9 Å². The maximum absolute atomic E-state index is 12.8. The van der Waals surface area contributed by atoms with Gasteiger partial charge in [-0.2, -0.15) is 9.59 Å². The van der Waals surface area contributed by atoms with Crippen LogP contribution in [-0.2, 0) is 122 Å². The van der Waals surface area contributed by atoms with Crippen molar-refractivity contribution >= 4 is 18.0 Å². The Balaban J connectivity index is -0.000000491. The van der Waals surface area contributed by atoms with Gasteiger partial charge < -0.3 is 72.0 Å². The summed E-state index contributed by atoms with van der Waals surface area (Å²) in [6, 6.07) is 0. The van der Waals surface area contributed by atoms with Crippen molar-refractivity contribution in [1.82, 2.24) is 55.2 Å². The standard InChI is InChI=1S/C25H40N12O8.C24H44N2O.C14H18O4.C7H15N3O3.CH3N3.CO2.5CH4/c1-35-10-21(28-32-35)13-42-17-25(18-43-14-22-11-36(2)33-29-22,19-44-15-23-12-37(3)34-30-23)20-45-24(38)16-41-9-8-40-7-6-39-5-4-27-31-26;1-22(2,3)12-11-17-25-21(27)18-20-19-23(13-7-5-8-14-23)26(4)24(20)15-9-6-10-16-24;1-4-7-16-11-14(10-15,12-17-8-5-2)13-18-9-6-3;1-11-4-5-13-7-6-12-3-2-9-10-8;1-3-4-2;2-1-3;;;;;/h10-12H,4-9,13-20H2,1-3H3;20H,5-19H2,1-4H3,(H,25,27);1-3,15H,7-13H2;2-7H2,1H3;1H3;;5*1H4. The number of aliphatic hydroxyl groups is 1. The SMILES string of the molecule is C.C.C.C.C.C#CCOCC(CO)(COCC#C)COCC#C.CN1C2(CCCCC2)CC(CC(=O)NCCCC(C)(C)C)C12CCCCC2.CN=[N+]=[N-].COCCOCCOCCN=[N+]=[N-].Cn1cc(COCC(COCc2cn(C)nn2)(COCc2cn(C)nn2)COC(=O)COCCOCCOCCN=[N+]=[N-])nn1.O=C=O. The molecule has 2 aliphatic carbocycles. The first-order valence-corrected chi connectivity index (χ1v) is 36.6. The monoisotopic (exact) mass is 1630 g/mol. The van der Waals surface area contributed by atoms with E-state index >= 15 is 0 Å². The quantitative estimate of drug-likeness (QED) is 0.0132. The van der Waals surface area contributed by atoms with Crippen molar-refractivity contribution < 1.29 is 85.9 Å². The summed E-state index contributed by atoms with van der Waals surface area (Å²) in [5, 5.41) is 46.3. The number of azide groups is 3. The van der Waals surface area contributed by atoms with E-state index in [0.717, 1.165) is 19.4 Å². The maximum Gasteiger partial charge on any atom is 0.373 e. The normalized spacial score (nSPS) is 14.0. The number of esters is 1. The average molecular weight is 1630 g/mol. The second kappa shape index (κ2) is 72.3. The molecule has 6 rings (SSSR count). The van der Waals surface area contributed by atoms with E-state index in [0.29, 0.717) is 105 Å². The third-order valence-corrected chi connectivity index (χ3v) is 17.4. The number of aromatic nitrogens is 9. The van der Waals surface area contributed by atoms with Crippen LogP contribution in [0.5, 0.6) is 0 Å². The number of nitrogens with zero attached hydrogens (tertiary/aromatic N) is 19. The van der Waals surface area contributed by atoms with Crippen LogP contribution < -0.4 is 5.32 Å². The van der Waals surface area contributed by atoms with E-state index < -0.39 is 16.8 Å². The lowest BCUT2D eigenvalue weighted by atomic mass is 9.71. The Hall–Kier alpha value is -8.21. The Labute approximate surface area is 684 Å². The van der Waals surface area contributed by atoms with Crippen molar-refractivity contribution in [2.24, 2.45) is 58.6 Å². The number of aryl methyl sites for hydroxylation is 3. The molecule has 3 aromatic rings. The number of carbonyl (C=O) groups excluding carboxylic acids is 4. The highest BCUT2D eigenvalue weighted by Crippen LogP contribution is 2.56. The molecule has 2 spiro atoms. The lowest BCUT2D eigenvalue weighted by Crippen LogP contribution is -2.55. The molecule has 0 radical (unpaired) electrons. The number of carbonyl (C=O) groups is 2.